The number of carbonyl (C=O) groups is 9. The molecule has 4 aromatic rings. The van der Waals surface area contributed by atoms with Gasteiger partial charge in [0.2, 0.25) is 0 Å². The molecule has 0 aliphatic carbocycles. The van der Waals surface area contributed by atoms with Crippen LogP contribution in [0.15, 0.2) is 91.8 Å². The molecule has 0 spiro atoms. The first-order chi connectivity index (χ1) is 54.3. The highest BCUT2D eigenvalue weighted by atomic mass is 16.7. The fourth-order valence-corrected chi connectivity index (χ4v) is 17.5. The van der Waals surface area contributed by atoms with Crippen LogP contribution in [0.2, 0.25) is 0 Å². The number of aryl methyl sites for hydroxylation is 1. The summed E-state index contributed by atoms with van der Waals surface area (Å²) < 4.78 is 72.3. The van der Waals surface area contributed by atoms with Crippen LogP contribution < -0.4 is 0 Å². The van der Waals surface area contributed by atoms with Gasteiger partial charge in [0, 0.05) is 93.9 Å². The highest BCUT2D eigenvalue weighted by molar-refractivity contribution is 6.01. The highest BCUT2D eigenvalue weighted by Crippen LogP contribution is 2.46. The molecule has 30 nitrogen and oxygen atoms in total. The maximum atomic E-state index is 14.8. The third kappa shape index (κ3) is 20.9. The molecule has 5 aliphatic rings. The van der Waals surface area contributed by atoms with E-state index in [2.05, 4.69) is 19.9 Å². The van der Waals surface area contributed by atoms with Crippen molar-refractivity contribution in [2.45, 2.75) is 283 Å². The predicted molar refractivity (Wildman–Crippen MR) is 422 cm³/mol. The summed E-state index contributed by atoms with van der Waals surface area (Å²) in [4.78, 5) is 149. The van der Waals surface area contributed by atoms with Crippen molar-refractivity contribution in [3.8, 4) is 11.4 Å². The summed E-state index contributed by atoms with van der Waals surface area (Å²) in [6, 6.07) is 7.20. The summed E-state index contributed by atoms with van der Waals surface area (Å²) >= 11 is 0. The van der Waals surface area contributed by atoms with E-state index < -0.39 is 161 Å². The SMILES string of the molecule is CC[C@H]1OC(=O)[C@H](C)C(=O)[C@H](C)[C@@H](OC2O[C@H](C)C[C@H](N(C)C)[C@H]2O)[C@@](C)(OC)C[C@@H](C)C(=O)[C@H](C)[C@H]2N(CCCCn3cnc(-c4cnccn4)c3)C(=O)O[C@]12CC.CC[C@H]1OC(=O)[C@H](C)C(=O)[C@H](C)[C@@H](OC2O[C@H](C)C[C@H](N(C)C)[C@H]2OC(=O)c2ccccc2)[C@@](C)(OC)C[C@@H](C)C(=O)/C(C)=C/[C@]1(CC)OC(=O)n1ccnc1. The Morgan fingerprint density at radius 1 is 0.643 bits per heavy atom. The van der Waals surface area contributed by atoms with Gasteiger partial charge >= 0.3 is 30.1 Å². The number of hydrogen-bond donors (Lipinski definition) is 1. The van der Waals surface area contributed by atoms with Gasteiger partial charge in [-0.05, 0) is 165 Å². The number of aliphatic hydroxyl groups is 1. The van der Waals surface area contributed by atoms with E-state index in [-0.39, 0.29) is 80.0 Å². The first kappa shape index (κ1) is 92.4. The molecule has 5 aliphatic heterocycles. The smallest absolute Gasteiger partial charge is 0.420 e. The Hall–Kier alpha value is -8.07. The molecule has 0 saturated carbocycles. The summed E-state index contributed by atoms with van der Waals surface area (Å²) in [7, 11) is 10.5. The van der Waals surface area contributed by atoms with Crippen molar-refractivity contribution >= 4 is 53.2 Å². The van der Waals surface area contributed by atoms with Gasteiger partial charge in [-0.15, -0.1) is 0 Å². The maximum absolute atomic E-state index is 14.8. The van der Waals surface area contributed by atoms with Crippen molar-refractivity contribution < 1.29 is 100 Å². The van der Waals surface area contributed by atoms with Crippen LogP contribution >= 0.6 is 0 Å². The highest BCUT2D eigenvalue weighted by Gasteiger charge is 2.62. The molecule has 8 heterocycles. The van der Waals surface area contributed by atoms with Crippen LogP contribution in [0.1, 0.15) is 185 Å². The van der Waals surface area contributed by atoms with E-state index in [0.717, 1.165) is 4.57 Å². The number of cyclic esters (lactones) is 2. The van der Waals surface area contributed by atoms with Gasteiger partial charge in [-0.25, -0.2) is 28.9 Å². The molecule has 2 unspecified atom stereocenters. The Kier molecular flexibility index (Phi) is 32.1. The second-order valence-corrected chi connectivity index (χ2v) is 32.9. The van der Waals surface area contributed by atoms with Gasteiger partial charge in [-0.3, -0.25) is 38.7 Å². The van der Waals surface area contributed by atoms with Crippen molar-refractivity contribution in [1.29, 1.82) is 0 Å². The zero-order valence-corrected chi connectivity index (χ0v) is 71.3. The fourth-order valence-electron chi connectivity index (χ4n) is 17.5. The minimum Gasteiger partial charge on any atom is -0.457 e. The van der Waals surface area contributed by atoms with Crippen molar-refractivity contribution in [2.24, 2.45) is 41.4 Å². The number of nitrogens with zero attached hydrogens (tertiary/aromatic N) is 9. The number of allylic oxidation sites excluding steroid dienone is 1. The van der Waals surface area contributed by atoms with Gasteiger partial charge in [-0.2, -0.15) is 0 Å². The van der Waals surface area contributed by atoms with Crippen molar-refractivity contribution in [3.63, 3.8) is 0 Å². The number of aliphatic hydroxyl groups excluding tert-OH is 1. The molecule has 1 aromatic carbocycles. The first-order valence-corrected chi connectivity index (χ1v) is 40.6. The lowest BCUT2D eigenvalue weighted by Gasteiger charge is -2.47. The normalized spacial score (nSPS) is 35.4. The largest absolute Gasteiger partial charge is 0.457 e. The molecule has 24 atom stereocenters. The Balaban J connectivity index is 0.000000288. The Labute approximate surface area is 677 Å². The average Bonchev–Trinajstić information content (AvgIpc) is 1.60. The van der Waals surface area contributed by atoms with Gasteiger partial charge < -0.3 is 76.5 Å². The number of hydrogen-bond acceptors (Lipinski definition) is 27. The van der Waals surface area contributed by atoms with E-state index in [1.165, 1.54) is 46.8 Å². The van der Waals surface area contributed by atoms with Crippen LogP contribution in [0.5, 0.6) is 0 Å². The summed E-state index contributed by atoms with van der Waals surface area (Å²) in [5, 5.41) is 11.5. The minimum absolute atomic E-state index is 0.0770. The van der Waals surface area contributed by atoms with E-state index >= 15 is 0 Å². The van der Waals surface area contributed by atoms with Crippen molar-refractivity contribution in [2.75, 3.05) is 49.0 Å². The van der Waals surface area contributed by atoms with Crippen LogP contribution in [0.25, 0.3) is 11.4 Å². The molecule has 0 radical (unpaired) electrons. The number of imidazole rings is 2. The van der Waals surface area contributed by atoms with E-state index in [1.807, 2.05) is 90.3 Å². The molecule has 636 valence electrons. The summed E-state index contributed by atoms with van der Waals surface area (Å²) in [5.41, 5.74) is -3.53. The van der Waals surface area contributed by atoms with Crippen LogP contribution in [0.3, 0.4) is 0 Å². The van der Waals surface area contributed by atoms with E-state index in [4.69, 9.17) is 52.1 Å². The molecular weight excluding hydrogens is 1480 g/mol. The number of likely N-dealkylation sites (N-methyl/N-ethyl adjacent to an activating group) is 2. The molecule has 4 fully saturated rings. The molecule has 9 rings (SSSR count). The summed E-state index contributed by atoms with van der Waals surface area (Å²) in [5.74, 6) is -10.2. The molecule has 115 heavy (non-hydrogen) atoms. The van der Waals surface area contributed by atoms with Gasteiger partial charge in [-0.1, -0.05) is 80.5 Å². The van der Waals surface area contributed by atoms with Gasteiger partial charge in [0.05, 0.1) is 65.8 Å². The number of benzene rings is 1. The number of rotatable bonds is 21. The average molecular weight is 1610 g/mol. The lowest BCUT2D eigenvalue weighted by Crippen LogP contribution is -2.61. The summed E-state index contributed by atoms with van der Waals surface area (Å²) in [6.07, 6.45) is 7.24. The van der Waals surface area contributed by atoms with Crippen LogP contribution in [-0.4, -0.2) is 253 Å². The maximum Gasteiger partial charge on any atom is 0.420 e. The van der Waals surface area contributed by atoms with Crippen molar-refractivity contribution in [3.05, 3.63) is 97.4 Å². The number of fused-ring (bicyclic) bond motifs is 1. The Bertz CT molecular complexity index is 3980. The quantitative estimate of drug-likeness (QED) is 0.0350. The van der Waals surface area contributed by atoms with Gasteiger partial charge in [0.25, 0.3) is 0 Å². The number of unbranched alkanes of at least 4 members (excludes halogenated alkanes) is 1. The molecule has 30 heteroatoms. The molecule has 1 amide bonds. The number of carbonyl (C=O) groups excluding carboxylic acids is 9. The lowest BCUT2D eigenvalue weighted by atomic mass is 9.72. The number of methoxy groups -OCH3 is 2. The Morgan fingerprint density at radius 3 is 1.75 bits per heavy atom. The number of esters is 3. The lowest BCUT2D eigenvalue weighted by molar-refractivity contribution is -0.295. The van der Waals surface area contributed by atoms with Gasteiger partial charge in [0.15, 0.2) is 47.2 Å². The number of Topliss-reactive ketones (excluding diaryl/α,β-unsaturated/α-hetero) is 4. The molecular formula is C85H125N9O21. The zero-order chi connectivity index (χ0) is 84.9. The molecule has 3 aromatic heterocycles. The standard InChI is InChI=1S/C43H66N6O10.C42H59N3O11/c1-12-33-43(13-2)37(49(41(54)59-43)19-15-14-18-48-23-31(46-24-48)30-22-44-16-17-45-30)27(5)34(50)25(3)21-42(8,55-11)38(28(6)35(51)29(7)39(53)57-33)58-40-36(52)32(47(9)10)20-26(4)56-40;1-12-32-42(13-2,56-40(50)45-20-19-43-24-45)23-26(4)33(46)25(3)22-41(8,51-11)36(28(6)34(47)29(7)37(48)53-32)55-39-35(31(44(9)10)21-27(5)52-39)54-38(49)30-17-15-14-16-18-30/h16-17,22-29,32-33,36-38,40,52H,12-15,18-21H2,1-11H3;14-20,23-25,27-29,31-32,35-36,39H,12-13,21-22H2,1-11H3/b;26-23+/t25-,26-,27+,28+,29-,32+,33-,36-,37-,38-,40?,42+,43-;25-,27-,28+,29-,31+,32-,35-,36-,39?,41+,42+/m11/s1. The third-order valence-corrected chi connectivity index (χ3v) is 24.3. The fraction of sp³-hybridized carbons (Fsp3) is 0.682. The second kappa shape index (κ2) is 39.9. The third-order valence-electron chi connectivity index (χ3n) is 24.3. The molecule has 1 N–H and O–H groups in total. The van der Waals surface area contributed by atoms with Crippen LogP contribution in [-0.2, 0) is 87.4 Å². The summed E-state index contributed by atoms with van der Waals surface area (Å²) in [6.45, 7) is 28.7. The monoisotopic (exact) mass is 1610 g/mol. The predicted octanol–water partition coefficient (Wildman–Crippen LogP) is 10.5. The van der Waals surface area contributed by atoms with E-state index in [1.54, 1.807) is 122 Å². The van der Waals surface area contributed by atoms with Crippen molar-refractivity contribution in [1.82, 2.24) is 43.8 Å². The molecule has 0 bridgehead atoms. The first-order valence-electron chi connectivity index (χ1n) is 40.6. The number of amides is 1. The van der Waals surface area contributed by atoms with E-state index in [9.17, 15) is 48.3 Å². The topological polar surface area (TPSA) is 347 Å². The number of ketones is 4. The number of ether oxygens (including phenoxy) is 11. The molecule has 4 saturated heterocycles. The van der Waals surface area contributed by atoms with Gasteiger partial charge in [0.1, 0.15) is 53.6 Å². The van der Waals surface area contributed by atoms with Crippen LogP contribution in [0, 0.1) is 41.4 Å². The minimum atomic E-state index is -1.57. The van der Waals surface area contributed by atoms with Crippen LogP contribution in [0.4, 0.5) is 9.59 Å². The number of aromatic nitrogens is 6. The van der Waals surface area contributed by atoms with E-state index in [0.29, 0.717) is 55.7 Å². The zero-order valence-electron chi connectivity index (χ0n) is 71.3. The Morgan fingerprint density at radius 2 is 1.21 bits per heavy atom. The second-order valence-electron chi connectivity index (χ2n) is 32.9.